The summed E-state index contributed by atoms with van der Waals surface area (Å²) in [5.41, 5.74) is 0. The van der Waals surface area contributed by atoms with Crippen LogP contribution in [0.25, 0.3) is 0 Å². The standard InChI is InChI=1S/C12H21NS/c1-5-11-6-7-12(14-11)8-9(2)10(3)13-4/h6-7,9-10,13H,5,8H2,1-4H3. The Balaban J connectivity index is 2.51. The molecule has 1 aromatic rings. The van der Waals surface area contributed by atoms with Gasteiger partial charge in [-0.1, -0.05) is 13.8 Å². The normalized spacial score (nSPS) is 15.4. The second kappa shape index (κ2) is 5.52. The monoisotopic (exact) mass is 211 g/mol. The molecule has 1 rings (SSSR count). The number of hydrogen-bond donors (Lipinski definition) is 1. The molecule has 0 amide bonds. The Hall–Kier alpha value is -0.340. The van der Waals surface area contributed by atoms with E-state index in [2.05, 4.69) is 38.2 Å². The number of nitrogens with one attached hydrogen (secondary N) is 1. The molecule has 0 spiro atoms. The van der Waals surface area contributed by atoms with Crippen molar-refractivity contribution >= 4 is 11.3 Å². The lowest BCUT2D eigenvalue weighted by atomic mass is 9.99. The average molecular weight is 211 g/mol. The van der Waals surface area contributed by atoms with E-state index >= 15 is 0 Å². The maximum absolute atomic E-state index is 3.31. The summed E-state index contributed by atoms with van der Waals surface area (Å²) in [6.07, 6.45) is 2.37. The van der Waals surface area contributed by atoms with Gasteiger partial charge in [-0.25, -0.2) is 0 Å². The molecule has 14 heavy (non-hydrogen) atoms. The Kier molecular flexibility index (Phi) is 4.63. The van der Waals surface area contributed by atoms with Gasteiger partial charge < -0.3 is 5.32 Å². The Morgan fingerprint density at radius 2 is 1.93 bits per heavy atom. The van der Waals surface area contributed by atoms with Gasteiger partial charge in [-0.2, -0.15) is 0 Å². The predicted octanol–water partition coefficient (Wildman–Crippen LogP) is 3.10. The highest BCUT2D eigenvalue weighted by molar-refractivity contribution is 7.11. The molecule has 0 bridgehead atoms. The number of rotatable bonds is 5. The molecule has 2 heteroatoms. The summed E-state index contributed by atoms with van der Waals surface area (Å²) in [5.74, 6) is 0.711. The van der Waals surface area contributed by atoms with Crippen LogP contribution in [0.1, 0.15) is 30.5 Å². The van der Waals surface area contributed by atoms with Crippen LogP contribution in [0, 0.1) is 5.92 Å². The number of hydrogen-bond acceptors (Lipinski definition) is 2. The molecule has 1 N–H and O–H groups in total. The van der Waals surface area contributed by atoms with Crippen molar-refractivity contribution in [2.75, 3.05) is 7.05 Å². The topological polar surface area (TPSA) is 12.0 Å². The second-order valence-electron chi connectivity index (χ2n) is 3.98. The lowest BCUT2D eigenvalue weighted by molar-refractivity contribution is 0.426. The molecule has 80 valence electrons. The van der Waals surface area contributed by atoms with Gasteiger partial charge >= 0.3 is 0 Å². The first-order valence-corrected chi connectivity index (χ1v) is 6.23. The minimum Gasteiger partial charge on any atom is -0.317 e. The third kappa shape index (κ3) is 3.10. The Morgan fingerprint density at radius 1 is 1.29 bits per heavy atom. The van der Waals surface area contributed by atoms with Gasteiger partial charge in [0.05, 0.1) is 0 Å². The van der Waals surface area contributed by atoms with E-state index in [-0.39, 0.29) is 0 Å². The summed E-state index contributed by atoms with van der Waals surface area (Å²) in [5, 5.41) is 3.31. The molecule has 2 unspecified atom stereocenters. The van der Waals surface area contributed by atoms with Crippen molar-refractivity contribution in [3.05, 3.63) is 21.9 Å². The first-order valence-electron chi connectivity index (χ1n) is 5.42. The van der Waals surface area contributed by atoms with Crippen molar-refractivity contribution in [2.24, 2.45) is 5.92 Å². The lowest BCUT2D eigenvalue weighted by Gasteiger charge is -2.18. The van der Waals surface area contributed by atoms with Gasteiger partial charge in [0.25, 0.3) is 0 Å². The Labute approximate surface area is 91.5 Å². The number of thiophene rings is 1. The summed E-state index contributed by atoms with van der Waals surface area (Å²) < 4.78 is 0. The van der Waals surface area contributed by atoms with Gasteiger partial charge in [-0.3, -0.25) is 0 Å². The van der Waals surface area contributed by atoms with Crippen LogP contribution in [-0.4, -0.2) is 13.1 Å². The zero-order valence-corrected chi connectivity index (χ0v) is 10.4. The fraction of sp³-hybridized carbons (Fsp3) is 0.667. The molecular formula is C12H21NS. The third-order valence-corrected chi connectivity index (χ3v) is 4.15. The molecule has 1 heterocycles. The van der Waals surface area contributed by atoms with E-state index in [1.807, 2.05) is 18.4 Å². The fourth-order valence-corrected chi connectivity index (χ4v) is 2.60. The molecule has 0 saturated heterocycles. The maximum atomic E-state index is 3.31. The zero-order chi connectivity index (χ0) is 10.6. The van der Waals surface area contributed by atoms with Gasteiger partial charge in [0.1, 0.15) is 0 Å². The summed E-state index contributed by atoms with van der Waals surface area (Å²) in [7, 11) is 2.03. The molecule has 0 fully saturated rings. The minimum atomic E-state index is 0.599. The highest BCUT2D eigenvalue weighted by Gasteiger charge is 2.11. The van der Waals surface area contributed by atoms with E-state index in [1.165, 1.54) is 22.6 Å². The van der Waals surface area contributed by atoms with Crippen molar-refractivity contribution < 1.29 is 0 Å². The molecule has 0 aliphatic rings. The Morgan fingerprint density at radius 3 is 2.43 bits per heavy atom. The highest BCUT2D eigenvalue weighted by atomic mass is 32.1. The van der Waals surface area contributed by atoms with Crippen LogP contribution in [0.5, 0.6) is 0 Å². The number of aryl methyl sites for hydroxylation is 1. The van der Waals surface area contributed by atoms with Crippen LogP contribution < -0.4 is 5.32 Å². The van der Waals surface area contributed by atoms with Crippen LogP contribution in [0.2, 0.25) is 0 Å². The summed E-state index contributed by atoms with van der Waals surface area (Å²) in [6, 6.07) is 5.14. The Bertz CT molecular complexity index is 267. The van der Waals surface area contributed by atoms with E-state index in [0.717, 1.165) is 0 Å². The van der Waals surface area contributed by atoms with Crippen molar-refractivity contribution in [3.63, 3.8) is 0 Å². The van der Waals surface area contributed by atoms with Crippen LogP contribution in [0.3, 0.4) is 0 Å². The van der Waals surface area contributed by atoms with Crippen molar-refractivity contribution in [2.45, 2.75) is 39.7 Å². The molecular weight excluding hydrogens is 190 g/mol. The SMILES string of the molecule is CCc1ccc(CC(C)C(C)NC)s1. The predicted molar refractivity (Wildman–Crippen MR) is 65.1 cm³/mol. The largest absolute Gasteiger partial charge is 0.317 e. The molecule has 0 aromatic carbocycles. The lowest BCUT2D eigenvalue weighted by Crippen LogP contribution is -2.29. The van der Waals surface area contributed by atoms with Gasteiger partial charge in [0, 0.05) is 15.8 Å². The highest BCUT2D eigenvalue weighted by Crippen LogP contribution is 2.21. The first kappa shape index (κ1) is 11.7. The van der Waals surface area contributed by atoms with E-state index in [1.54, 1.807) is 0 Å². The van der Waals surface area contributed by atoms with Crippen molar-refractivity contribution in [1.82, 2.24) is 5.32 Å². The van der Waals surface area contributed by atoms with E-state index in [0.29, 0.717) is 12.0 Å². The third-order valence-electron chi connectivity index (χ3n) is 2.90. The van der Waals surface area contributed by atoms with Crippen LogP contribution in [0.4, 0.5) is 0 Å². The molecule has 2 atom stereocenters. The molecule has 1 aromatic heterocycles. The van der Waals surface area contributed by atoms with Crippen LogP contribution in [-0.2, 0) is 12.8 Å². The summed E-state index contributed by atoms with van der Waals surface area (Å²) in [4.78, 5) is 3.03. The average Bonchev–Trinajstić information content (AvgIpc) is 2.64. The first-order chi connectivity index (χ1) is 6.67. The van der Waals surface area contributed by atoms with Gasteiger partial charge in [0.2, 0.25) is 0 Å². The molecule has 0 radical (unpaired) electrons. The van der Waals surface area contributed by atoms with Crippen LogP contribution in [0.15, 0.2) is 12.1 Å². The van der Waals surface area contributed by atoms with Crippen LogP contribution >= 0.6 is 11.3 Å². The van der Waals surface area contributed by atoms with Crippen molar-refractivity contribution in [1.29, 1.82) is 0 Å². The fourth-order valence-electron chi connectivity index (χ4n) is 1.50. The van der Waals surface area contributed by atoms with E-state index < -0.39 is 0 Å². The van der Waals surface area contributed by atoms with E-state index in [9.17, 15) is 0 Å². The summed E-state index contributed by atoms with van der Waals surface area (Å²) >= 11 is 1.96. The van der Waals surface area contributed by atoms with Gasteiger partial charge in [-0.15, -0.1) is 11.3 Å². The molecule has 0 aliphatic carbocycles. The minimum absolute atomic E-state index is 0.599. The van der Waals surface area contributed by atoms with Gasteiger partial charge in [0.15, 0.2) is 0 Å². The smallest absolute Gasteiger partial charge is 0.00648 e. The molecule has 0 saturated carbocycles. The van der Waals surface area contributed by atoms with Gasteiger partial charge in [-0.05, 0) is 44.9 Å². The van der Waals surface area contributed by atoms with E-state index in [4.69, 9.17) is 0 Å². The quantitative estimate of drug-likeness (QED) is 0.789. The summed E-state index contributed by atoms with van der Waals surface area (Å²) in [6.45, 7) is 6.78. The van der Waals surface area contributed by atoms with Crippen molar-refractivity contribution in [3.8, 4) is 0 Å². The second-order valence-corrected chi connectivity index (χ2v) is 5.23. The zero-order valence-electron chi connectivity index (χ0n) is 9.63. The maximum Gasteiger partial charge on any atom is 0.00648 e. The molecule has 1 nitrogen and oxygen atoms in total. The molecule has 0 aliphatic heterocycles.